The Bertz CT molecular complexity index is 733. The summed E-state index contributed by atoms with van der Waals surface area (Å²) < 4.78 is 13.3. The van der Waals surface area contributed by atoms with Crippen molar-refractivity contribution in [2.24, 2.45) is 4.99 Å². The molecule has 0 saturated heterocycles. The van der Waals surface area contributed by atoms with Gasteiger partial charge in [-0.2, -0.15) is 0 Å². The molecule has 0 unspecified atom stereocenters. The van der Waals surface area contributed by atoms with Gasteiger partial charge in [0.1, 0.15) is 5.82 Å². The van der Waals surface area contributed by atoms with Gasteiger partial charge in [-0.25, -0.2) is 9.37 Å². The number of hydrogen-bond acceptors (Lipinski definition) is 3. The Kier molecular flexibility index (Phi) is 6.25. The monoisotopic (exact) mass is 374 g/mol. The van der Waals surface area contributed by atoms with Gasteiger partial charge in [0.2, 0.25) is 0 Å². The van der Waals surface area contributed by atoms with Gasteiger partial charge in [0.25, 0.3) is 0 Å². The van der Waals surface area contributed by atoms with Gasteiger partial charge in [-0.1, -0.05) is 25.0 Å². The predicted octanol–water partition coefficient (Wildman–Crippen LogP) is 3.81. The van der Waals surface area contributed by atoms with Gasteiger partial charge >= 0.3 is 0 Å². The average Bonchev–Trinajstić information content (AvgIpc) is 3.28. The van der Waals surface area contributed by atoms with E-state index in [1.54, 1.807) is 30.5 Å². The molecule has 1 saturated carbocycles. The van der Waals surface area contributed by atoms with Crippen molar-refractivity contribution in [2.45, 2.75) is 44.4 Å². The molecule has 1 aliphatic carbocycles. The highest BCUT2D eigenvalue weighted by molar-refractivity contribution is 7.11. The van der Waals surface area contributed by atoms with Gasteiger partial charge < -0.3 is 10.6 Å². The molecule has 26 heavy (non-hydrogen) atoms. The maximum Gasteiger partial charge on any atom is 0.191 e. The molecular formula is C20H27FN4S. The summed E-state index contributed by atoms with van der Waals surface area (Å²) in [6, 6.07) is 7.00. The number of halogens is 1. The highest BCUT2D eigenvalue weighted by Crippen LogP contribution is 2.40. The van der Waals surface area contributed by atoms with Gasteiger partial charge in [-0.3, -0.25) is 4.99 Å². The van der Waals surface area contributed by atoms with Gasteiger partial charge in [0.05, 0.1) is 5.01 Å². The second kappa shape index (κ2) is 8.62. The molecular weight excluding hydrogens is 347 g/mol. The van der Waals surface area contributed by atoms with E-state index >= 15 is 0 Å². The second-order valence-corrected chi connectivity index (χ2v) is 8.28. The van der Waals surface area contributed by atoms with E-state index in [4.69, 9.17) is 0 Å². The third kappa shape index (κ3) is 4.61. The number of thiazole rings is 1. The molecule has 0 bridgehead atoms. The summed E-state index contributed by atoms with van der Waals surface area (Å²) in [7, 11) is 1.79. The first-order valence-corrected chi connectivity index (χ1v) is 10.0. The Hall–Kier alpha value is -1.95. The molecule has 2 aromatic rings. The molecule has 4 nitrogen and oxygen atoms in total. The highest BCUT2D eigenvalue weighted by atomic mass is 32.1. The van der Waals surface area contributed by atoms with Crippen LogP contribution in [0.4, 0.5) is 4.39 Å². The summed E-state index contributed by atoms with van der Waals surface area (Å²) >= 11 is 1.74. The summed E-state index contributed by atoms with van der Waals surface area (Å²) in [6.45, 7) is 3.69. The first-order chi connectivity index (χ1) is 12.6. The zero-order valence-electron chi connectivity index (χ0n) is 15.5. The lowest BCUT2D eigenvalue weighted by Gasteiger charge is -2.30. The number of aryl methyl sites for hydroxylation is 1. The van der Waals surface area contributed by atoms with Gasteiger partial charge in [0, 0.05) is 43.0 Å². The van der Waals surface area contributed by atoms with E-state index in [0.29, 0.717) is 0 Å². The van der Waals surface area contributed by atoms with Crippen molar-refractivity contribution < 1.29 is 4.39 Å². The summed E-state index contributed by atoms with van der Waals surface area (Å²) in [5.74, 6) is 0.636. The number of hydrogen-bond donors (Lipinski definition) is 2. The fourth-order valence-corrected chi connectivity index (χ4v) is 4.49. The van der Waals surface area contributed by atoms with Gasteiger partial charge in [-0.05, 0) is 37.5 Å². The Labute approximate surface area is 159 Å². The van der Waals surface area contributed by atoms with Gasteiger partial charge in [0.15, 0.2) is 5.96 Å². The molecule has 6 heteroatoms. The summed E-state index contributed by atoms with van der Waals surface area (Å²) in [4.78, 5) is 9.98. The number of aromatic nitrogens is 1. The molecule has 0 spiro atoms. The van der Waals surface area contributed by atoms with E-state index in [9.17, 15) is 4.39 Å². The molecule has 0 radical (unpaired) electrons. The first-order valence-electron chi connectivity index (χ1n) is 9.23. The van der Waals surface area contributed by atoms with Crippen LogP contribution in [0.15, 0.2) is 35.5 Å². The molecule has 0 amide bonds. The van der Waals surface area contributed by atoms with Crippen LogP contribution in [0.1, 0.15) is 41.1 Å². The molecule has 2 N–H and O–H groups in total. The smallest absolute Gasteiger partial charge is 0.191 e. The average molecular weight is 375 g/mol. The number of nitrogens with one attached hydrogen (secondary N) is 2. The summed E-state index contributed by atoms with van der Waals surface area (Å²) in [5, 5.41) is 8.00. The number of aliphatic imine (C=N–C) groups is 1. The van der Waals surface area contributed by atoms with Crippen LogP contribution in [0.3, 0.4) is 0 Å². The van der Waals surface area contributed by atoms with Crippen LogP contribution in [0.5, 0.6) is 0 Å². The zero-order valence-corrected chi connectivity index (χ0v) is 16.3. The van der Waals surface area contributed by atoms with Gasteiger partial charge in [-0.15, -0.1) is 11.3 Å². The summed E-state index contributed by atoms with van der Waals surface area (Å²) in [5.41, 5.74) is 1.29. The van der Waals surface area contributed by atoms with Crippen molar-refractivity contribution in [3.63, 3.8) is 0 Å². The molecule has 1 aromatic heterocycles. The van der Waals surface area contributed by atoms with E-state index in [-0.39, 0.29) is 11.2 Å². The lowest BCUT2D eigenvalue weighted by Crippen LogP contribution is -2.45. The van der Waals surface area contributed by atoms with Crippen molar-refractivity contribution in [3.05, 3.63) is 51.7 Å². The lowest BCUT2D eigenvalue weighted by molar-refractivity contribution is 0.431. The van der Waals surface area contributed by atoms with Crippen LogP contribution in [0, 0.1) is 12.7 Å². The van der Waals surface area contributed by atoms with Crippen molar-refractivity contribution >= 4 is 17.3 Å². The van der Waals surface area contributed by atoms with E-state index in [1.165, 1.54) is 23.3 Å². The first kappa shape index (κ1) is 18.8. The minimum absolute atomic E-state index is 0.0672. The van der Waals surface area contributed by atoms with E-state index in [0.717, 1.165) is 43.3 Å². The Morgan fingerprint density at radius 1 is 1.23 bits per heavy atom. The minimum Gasteiger partial charge on any atom is -0.356 e. The van der Waals surface area contributed by atoms with Crippen LogP contribution < -0.4 is 10.6 Å². The molecule has 3 rings (SSSR count). The van der Waals surface area contributed by atoms with Crippen LogP contribution in [0.25, 0.3) is 0 Å². The Morgan fingerprint density at radius 3 is 2.58 bits per heavy atom. The fourth-order valence-electron chi connectivity index (χ4n) is 3.70. The highest BCUT2D eigenvalue weighted by Gasteiger charge is 2.35. The third-order valence-electron chi connectivity index (χ3n) is 5.14. The van der Waals surface area contributed by atoms with Crippen molar-refractivity contribution in [3.8, 4) is 0 Å². The largest absolute Gasteiger partial charge is 0.356 e. The fraction of sp³-hybridized carbons (Fsp3) is 0.500. The number of guanidine groups is 1. The van der Waals surface area contributed by atoms with E-state index in [1.807, 2.05) is 18.3 Å². The Morgan fingerprint density at radius 2 is 1.96 bits per heavy atom. The minimum atomic E-state index is -0.176. The maximum absolute atomic E-state index is 13.3. The van der Waals surface area contributed by atoms with E-state index in [2.05, 4.69) is 27.5 Å². The summed E-state index contributed by atoms with van der Waals surface area (Å²) in [6.07, 6.45) is 7.49. The molecule has 140 valence electrons. The molecule has 1 aromatic carbocycles. The van der Waals surface area contributed by atoms with Crippen LogP contribution in [0.2, 0.25) is 0 Å². The second-order valence-electron chi connectivity index (χ2n) is 6.96. The predicted molar refractivity (Wildman–Crippen MR) is 106 cm³/mol. The quantitative estimate of drug-likeness (QED) is 0.597. The molecule has 0 aliphatic heterocycles. The van der Waals surface area contributed by atoms with Crippen LogP contribution in [-0.2, 0) is 11.8 Å². The van der Waals surface area contributed by atoms with Crippen LogP contribution in [-0.4, -0.2) is 31.1 Å². The molecule has 1 aliphatic rings. The SMILES string of the molecule is CN=C(NCCc1ncc(C)s1)NCC1(c2ccc(F)cc2)CCCC1. The number of rotatable bonds is 6. The molecule has 0 atom stereocenters. The molecule has 1 fully saturated rings. The number of benzene rings is 1. The zero-order chi connectivity index (χ0) is 18.4. The van der Waals surface area contributed by atoms with Crippen LogP contribution >= 0.6 is 11.3 Å². The van der Waals surface area contributed by atoms with E-state index < -0.39 is 0 Å². The van der Waals surface area contributed by atoms with Crippen molar-refractivity contribution in [1.82, 2.24) is 15.6 Å². The standard InChI is InChI=1S/C20H27FN4S/c1-15-13-24-18(26-15)9-12-23-19(22-2)25-14-20(10-3-4-11-20)16-5-7-17(21)8-6-16/h5-8,13H,3-4,9-12,14H2,1-2H3,(H2,22,23,25). The number of nitrogens with zero attached hydrogens (tertiary/aromatic N) is 2. The Balaban J connectivity index is 1.56. The maximum atomic E-state index is 13.3. The molecule has 1 heterocycles. The topological polar surface area (TPSA) is 49.3 Å². The lowest BCUT2D eigenvalue weighted by atomic mass is 9.79. The van der Waals surface area contributed by atoms with Crippen molar-refractivity contribution in [2.75, 3.05) is 20.1 Å². The third-order valence-corrected chi connectivity index (χ3v) is 6.11. The van der Waals surface area contributed by atoms with Crippen molar-refractivity contribution in [1.29, 1.82) is 0 Å². The normalized spacial score (nSPS) is 16.7.